The smallest absolute Gasteiger partial charge is 0.336 e. The number of carbonyl (C=O) groups excluding carboxylic acids is 1. The molecule has 1 N–H and O–H groups in total. The van der Waals surface area contributed by atoms with E-state index in [1.165, 1.54) is 36.1 Å². The molecular weight excluding hydrogens is 386 g/mol. The van der Waals surface area contributed by atoms with Crippen molar-refractivity contribution in [3.63, 3.8) is 0 Å². The van der Waals surface area contributed by atoms with Crippen molar-refractivity contribution < 1.29 is 13.6 Å². The predicted molar refractivity (Wildman–Crippen MR) is 104 cm³/mol. The quantitative estimate of drug-likeness (QED) is 0.397. The number of benzene rings is 1. The number of fused-ring (bicyclic) bond motifs is 1. The van der Waals surface area contributed by atoms with Crippen LogP contribution in [0.1, 0.15) is 12.5 Å². The summed E-state index contributed by atoms with van der Waals surface area (Å²) < 4.78 is 10.9. The van der Waals surface area contributed by atoms with Crippen LogP contribution in [0, 0.1) is 0 Å². The van der Waals surface area contributed by atoms with Crippen molar-refractivity contribution in [3.8, 4) is 10.8 Å². The second-order valence-corrected chi connectivity index (χ2v) is 7.50. The lowest BCUT2D eigenvalue weighted by molar-refractivity contribution is -0.114. The number of anilines is 1. The Morgan fingerprint density at radius 3 is 2.89 bits per heavy atom. The molecule has 1 amide bonds. The SMILES string of the molecule is CC(=O)Nc1ccc2c(CSc3nnc(-c4cccs4)o3)cc(=O)oc2c1. The second-order valence-electron chi connectivity index (χ2n) is 5.62. The average molecular weight is 399 g/mol. The molecule has 4 rings (SSSR count). The number of hydrogen-bond donors (Lipinski definition) is 1. The van der Waals surface area contributed by atoms with Crippen LogP contribution < -0.4 is 10.9 Å². The minimum absolute atomic E-state index is 0.193. The predicted octanol–water partition coefficient (Wildman–Crippen LogP) is 4.16. The van der Waals surface area contributed by atoms with Gasteiger partial charge in [-0.05, 0) is 29.1 Å². The first kappa shape index (κ1) is 17.5. The van der Waals surface area contributed by atoms with Gasteiger partial charge in [0, 0.05) is 35.9 Å². The number of nitrogens with zero attached hydrogens (tertiary/aromatic N) is 2. The molecule has 0 bridgehead atoms. The average Bonchev–Trinajstić information content (AvgIpc) is 3.30. The molecule has 7 nitrogen and oxygen atoms in total. The Morgan fingerprint density at radius 2 is 2.11 bits per heavy atom. The first-order chi connectivity index (χ1) is 13.1. The lowest BCUT2D eigenvalue weighted by Gasteiger charge is -2.06. The van der Waals surface area contributed by atoms with Crippen LogP contribution in [0.3, 0.4) is 0 Å². The minimum atomic E-state index is -0.456. The molecule has 136 valence electrons. The van der Waals surface area contributed by atoms with Gasteiger partial charge in [0.2, 0.25) is 5.91 Å². The number of hydrogen-bond acceptors (Lipinski definition) is 8. The Morgan fingerprint density at radius 1 is 1.22 bits per heavy atom. The van der Waals surface area contributed by atoms with Crippen LogP contribution in [0.5, 0.6) is 0 Å². The highest BCUT2D eigenvalue weighted by Crippen LogP contribution is 2.30. The molecule has 3 heterocycles. The maximum Gasteiger partial charge on any atom is 0.336 e. The highest BCUT2D eigenvalue weighted by molar-refractivity contribution is 7.98. The Kier molecular flexibility index (Phi) is 4.78. The molecule has 0 atom stereocenters. The van der Waals surface area contributed by atoms with Crippen molar-refractivity contribution in [2.24, 2.45) is 0 Å². The highest BCUT2D eigenvalue weighted by Gasteiger charge is 2.12. The molecule has 1 aromatic carbocycles. The van der Waals surface area contributed by atoms with Crippen molar-refractivity contribution >= 4 is 45.7 Å². The van der Waals surface area contributed by atoms with Crippen molar-refractivity contribution in [2.45, 2.75) is 17.9 Å². The van der Waals surface area contributed by atoms with Crippen molar-refractivity contribution in [2.75, 3.05) is 5.32 Å². The molecule has 0 unspecified atom stereocenters. The van der Waals surface area contributed by atoms with Gasteiger partial charge in [0.25, 0.3) is 11.1 Å². The third-order valence-electron chi connectivity index (χ3n) is 3.64. The summed E-state index contributed by atoms with van der Waals surface area (Å²) >= 11 is 2.87. The first-order valence-electron chi connectivity index (χ1n) is 7.93. The molecule has 27 heavy (non-hydrogen) atoms. The molecule has 0 fully saturated rings. The maximum absolute atomic E-state index is 11.9. The molecule has 0 saturated carbocycles. The largest absolute Gasteiger partial charge is 0.423 e. The van der Waals surface area contributed by atoms with Gasteiger partial charge in [0.1, 0.15) is 5.58 Å². The zero-order chi connectivity index (χ0) is 18.8. The highest BCUT2D eigenvalue weighted by atomic mass is 32.2. The molecule has 0 saturated heterocycles. The van der Waals surface area contributed by atoms with Gasteiger partial charge in [-0.1, -0.05) is 17.8 Å². The van der Waals surface area contributed by atoms with Gasteiger partial charge in [-0.3, -0.25) is 4.79 Å². The van der Waals surface area contributed by atoms with Crippen molar-refractivity contribution in [1.82, 2.24) is 10.2 Å². The van der Waals surface area contributed by atoms with Gasteiger partial charge in [0.15, 0.2) is 0 Å². The van der Waals surface area contributed by atoms with Crippen LogP contribution in [0.2, 0.25) is 0 Å². The van der Waals surface area contributed by atoms with Gasteiger partial charge >= 0.3 is 5.63 Å². The molecule has 0 aliphatic heterocycles. The van der Waals surface area contributed by atoms with Gasteiger partial charge in [0.05, 0.1) is 4.88 Å². The van der Waals surface area contributed by atoms with Crippen LogP contribution in [-0.4, -0.2) is 16.1 Å². The summed E-state index contributed by atoms with van der Waals surface area (Å²) in [6, 6.07) is 10.5. The van der Waals surface area contributed by atoms with E-state index in [2.05, 4.69) is 15.5 Å². The third kappa shape index (κ3) is 3.93. The maximum atomic E-state index is 11.9. The summed E-state index contributed by atoms with van der Waals surface area (Å²) in [7, 11) is 0. The fourth-order valence-corrected chi connectivity index (χ4v) is 3.94. The Labute approximate surface area is 161 Å². The molecule has 0 radical (unpaired) electrons. The molecule has 9 heteroatoms. The topological polar surface area (TPSA) is 98.2 Å². The molecule has 3 aromatic heterocycles. The lowest BCUT2D eigenvalue weighted by atomic mass is 10.1. The van der Waals surface area contributed by atoms with E-state index in [-0.39, 0.29) is 5.91 Å². The Bertz CT molecular complexity index is 1170. The number of amides is 1. The van der Waals surface area contributed by atoms with Crippen molar-refractivity contribution in [1.29, 1.82) is 0 Å². The molecule has 0 aliphatic carbocycles. The van der Waals surface area contributed by atoms with Gasteiger partial charge < -0.3 is 14.2 Å². The fraction of sp³-hybridized carbons (Fsp3) is 0.111. The van der Waals surface area contributed by atoms with E-state index >= 15 is 0 Å². The fourth-order valence-electron chi connectivity index (χ4n) is 2.54. The number of rotatable bonds is 5. The number of carbonyl (C=O) groups is 1. The summed E-state index contributed by atoms with van der Waals surface area (Å²) in [5.74, 6) is 0.749. The number of thioether (sulfide) groups is 1. The van der Waals surface area contributed by atoms with E-state index in [0.717, 1.165) is 15.8 Å². The van der Waals surface area contributed by atoms with Crippen LogP contribution in [-0.2, 0) is 10.5 Å². The summed E-state index contributed by atoms with van der Waals surface area (Å²) in [5, 5.41) is 13.9. The van der Waals surface area contributed by atoms with Crippen LogP contribution in [0.25, 0.3) is 21.7 Å². The normalized spacial score (nSPS) is 11.0. The van der Waals surface area contributed by atoms with E-state index in [9.17, 15) is 9.59 Å². The second kappa shape index (κ2) is 7.37. The monoisotopic (exact) mass is 399 g/mol. The van der Waals surface area contributed by atoms with E-state index in [1.807, 2.05) is 23.6 Å². The lowest BCUT2D eigenvalue weighted by Crippen LogP contribution is -2.06. The van der Waals surface area contributed by atoms with Gasteiger partial charge in [-0.25, -0.2) is 4.79 Å². The van der Waals surface area contributed by atoms with Gasteiger partial charge in [-0.15, -0.1) is 21.5 Å². The molecule has 4 aromatic rings. The number of aromatic nitrogens is 2. The van der Waals surface area contributed by atoms with E-state index < -0.39 is 5.63 Å². The first-order valence-corrected chi connectivity index (χ1v) is 9.79. The summed E-state index contributed by atoms with van der Waals surface area (Å²) in [6.07, 6.45) is 0. The minimum Gasteiger partial charge on any atom is -0.423 e. The van der Waals surface area contributed by atoms with Crippen LogP contribution >= 0.6 is 23.1 Å². The summed E-state index contributed by atoms with van der Waals surface area (Å²) in [4.78, 5) is 24.0. The Hall–Kier alpha value is -2.91. The van der Waals surface area contributed by atoms with Crippen LogP contribution in [0.4, 0.5) is 5.69 Å². The third-order valence-corrected chi connectivity index (χ3v) is 5.37. The summed E-state index contributed by atoms with van der Waals surface area (Å²) in [6.45, 7) is 1.42. The molecule has 0 aliphatic rings. The summed E-state index contributed by atoms with van der Waals surface area (Å²) in [5.41, 5.74) is 1.31. The zero-order valence-electron chi connectivity index (χ0n) is 14.1. The number of thiophene rings is 1. The van der Waals surface area contributed by atoms with E-state index in [4.69, 9.17) is 8.83 Å². The number of nitrogens with one attached hydrogen (secondary N) is 1. The Balaban J connectivity index is 1.58. The molecule has 0 spiro atoms. The van der Waals surface area contributed by atoms with E-state index in [0.29, 0.717) is 28.1 Å². The van der Waals surface area contributed by atoms with Crippen LogP contribution in [0.15, 0.2) is 60.6 Å². The molecular formula is C18H13N3O4S2. The zero-order valence-corrected chi connectivity index (χ0v) is 15.7. The van der Waals surface area contributed by atoms with Gasteiger partial charge in [-0.2, -0.15) is 0 Å². The van der Waals surface area contributed by atoms with Crippen molar-refractivity contribution in [3.05, 3.63) is 57.8 Å². The standard InChI is InChI=1S/C18H13N3O4S2/c1-10(22)19-12-4-5-13-11(7-16(23)24-14(13)8-12)9-27-18-21-20-17(25-18)15-3-2-6-26-15/h2-8H,9H2,1H3,(H,19,22). The van der Waals surface area contributed by atoms with E-state index in [1.54, 1.807) is 12.1 Å².